The Balaban J connectivity index is 1.54. The monoisotopic (exact) mass is 418 g/mol. The van der Waals surface area contributed by atoms with E-state index in [2.05, 4.69) is 12.1 Å². The summed E-state index contributed by atoms with van der Waals surface area (Å²) in [5.74, 6) is 0.864. The van der Waals surface area contributed by atoms with Crippen molar-refractivity contribution in [2.24, 2.45) is 0 Å². The molecule has 7 heteroatoms. The third-order valence-corrected chi connectivity index (χ3v) is 8.01. The summed E-state index contributed by atoms with van der Waals surface area (Å²) in [4.78, 5) is 14.8. The predicted octanol–water partition coefficient (Wildman–Crippen LogP) is 3.15. The van der Waals surface area contributed by atoms with Gasteiger partial charge in [-0.05, 0) is 31.5 Å². The van der Waals surface area contributed by atoms with Crippen molar-refractivity contribution in [2.75, 3.05) is 26.2 Å². The molecule has 0 bridgehead atoms. The van der Waals surface area contributed by atoms with Crippen LogP contribution in [0.5, 0.6) is 0 Å². The van der Waals surface area contributed by atoms with Crippen LogP contribution in [-0.4, -0.2) is 55.0 Å². The molecule has 0 aliphatic carbocycles. The van der Waals surface area contributed by atoms with Crippen LogP contribution in [0.2, 0.25) is 0 Å². The number of aryl methyl sites for hydroxylation is 1. The number of carbonyl (C=O) groups is 1. The van der Waals surface area contributed by atoms with E-state index >= 15 is 0 Å². The number of hydrogen-bond acceptors (Lipinski definition) is 4. The standard InChI is InChI=1S/C21H26N2O3S2/c1-17-8-10-20(11-9-17)28(25,26)23-14-12-22(13-15-23)21(24)18(2)27-16-19-6-4-3-5-7-19/h3-11,18H,12-16H2,1-2H3. The maximum atomic E-state index is 12.8. The van der Waals surface area contributed by atoms with E-state index in [-0.39, 0.29) is 11.2 Å². The van der Waals surface area contributed by atoms with Crippen molar-refractivity contribution in [1.29, 1.82) is 0 Å². The maximum Gasteiger partial charge on any atom is 0.243 e. The van der Waals surface area contributed by atoms with Crippen LogP contribution in [0.25, 0.3) is 0 Å². The molecular formula is C21H26N2O3S2. The van der Waals surface area contributed by atoms with Crippen LogP contribution in [-0.2, 0) is 20.6 Å². The molecule has 5 nitrogen and oxygen atoms in total. The molecule has 1 fully saturated rings. The van der Waals surface area contributed by atoms with E-state index in [0.29, 0.717) is 31.1 Å². The summed E-state index contributed by atoms with van der Waals surface area (Å²) in [6, 6.07) is 17.0. The van der Waals surface area contributed by atoms with Crippen LogP contribution >= 0.6 is 11.8 Å². The fraction of sp³-hybridized carbons (Fsp3) is 0.381. The molecule has 1 aliphatic heterocycles. The van der Waals surface area contributed by atoms with E-state index in [1.807, 2.05) is 32.0 Å². The van der Waals surface area contributed by atoms with Gasteiger partial charge in [0.25, 0.3) is 0 Å². The minimum Gasteiger partial charge on any atom is -0.339 e. The number of rotatable bonds is 6. The molecule has 0 spiro atoms. The second-order valence-electron chi connectivity index (χ2n) is 6.98. The van der Waals surface area contributed by atoms with Crippen LogP contribution in [0.1, 0.15) is 18.1 Å². The highest BCUT2D eigenvalue weighted by atomic mass is 32.2. The zero-order valence-electron chi connectivity index (χ0n) is 16.2. The van der Waals surface area contributed by atoms with Crippen LogP contribution in [0.3, 0.4) is 0 Å². The number of sulfonamides is 1. The molecule has 150 valence electrons. The molecule has 1 unspecified atom stereocenters. The Morgan fingerprint density at radius 2 is 1.61 bits per heavy atom. The second kappa shape index (κ2) is 9.11. The van der Waals surface area contributed by atoms with E-state index in [1.165, 1.54) is 9.87 Å². The van der Waals surface area contributed by atoms with Crippen molar-refractivity contribution in [1.82, 2.24) is 9.21 Å². The molecule has 0 aromatic heterocycles. The maximum absolute atomic E-state index is 12.8. The highest BCUT2D eigenvalue weighted by molar-refractivity contribution is 7.99. The Bertz CT molecular complexity index is 891. The molecule has 2 aromatic rings. The molecule has 1 amide bonds. The Kier molecular flexibility index (Phi) is 6.80. The molecule has 0 N–H and O–H groups in total. The molecule has 1 atom stereocenters. The van der Waals surface area contributed by atoms with Crippen molar-refractivity contribution in [3.8, 4) is 0 Å². The van der Waals surface area contributed by atoms with Gasteiger partial charge in [-0.1, -0.05) is 48.0 Å². The van der Waals surface area contributed by atoms with Gasteiger partial charge in [-0.3, -0.25) is 4.79 Å². The molecule has 1 saturated heterocycles. The summed E-state index contributed by atoms with van der Waals surface area (Å²) in [7, 11) is -3.50. The number of nitrogens with zero attached hydrogens (tertiary/aromatic N) is 2. The van der Waals surface area contributed by atoms with Crippen molar-refractivity contribution in [3.05, 3.63) is 65.7 Å². The zero-order chi connectivity index (χ0) is 20.1. The van der Waals surface area contributed by atoms with Gasteiger partial charge in [-0.15, -0.1) is 11.8 Å². The topological polar surface area (TPSA) is 57.7 Å². The molecule has 3 rings (SSSR count). The highest BCUT2D eigenvalue weighted by Gasteiger charge is 2.31. The van der Waals surface area contributed by atoms with Gasteiger partial charge in [0, 0.05) is 31.9 Å². The van der Waals surface area contributed by atoms with Gasteiger partial charge in [0.15, 0.2) is 0 Å². The number of thioether (sulfide) groups is 1. The number of hydrogen-bond donors (Lipinski definition) is 0. The first kappa shape index (κ1) is 20.9. The van der Waals surface area contributed by atoms with Crippen LogP contribution in [0.4, 0.5) is 0 Å². The predicted molar refractivity (Wildman–Crippen MR) is 114 cm³/mol. The summed E-state index contributed by atoms with van der Waals surface area (Å²) in [6.07, 6.45) is 0. The molecule has 0 radical (unpaired) electrons. The summed E-state index contributed by atoms with van der Waals surface area (Å²) >= 11 is 1.61. The largest absolute Gasteiger partial charge is 0.339 e. The molecule has 2 aromatic carbocycles. The Morgan fingerprint density at radius 1 is 1.00 bits per heavy atom. The Morgan fingerprint density at radius 3 is 2.21 bits per heavy atom. The van der Waals surface area contributed by atoms with Crippen molar-refractivity contribution in [2.45, 2.75) is 29.7 Å². The van der Waals surface area contributed by atoms with Gasteiger partial charge >= 0.3 is 0 Å². The summed E-state index contributed by atoms with van der Waals surface area (Å²) in [6.45, 7) is 5.37. The summed E-state index contributed by atoms with van der Waals surface area (Å²) < 4.78 is 27.0. The SMILES string of the molecule is Cc1ccc(S(=O)(=O)N2CCN(C(=O)C(C)SCc3ccccc3)CC2)cc1. The second-order valence-corrected chi connectivity index (χ2v) is 10.2. The lowest BCUT2D eigenvalue weighted by Crippen LogP contribution is -2.52. The minimum absolute atomic E-state index is 0.0771. The smallest absolute Gasteiger partial charge is 0.243 e. The van der Waals surface area contributed by atoms with E-state index in [4.69, 9.17) is 0 Å². The van der Waals surface area contributed by atoms with E-state index in [0.717, 1.165) is 11.3 Å². The van der Waals surface area contributed by atoms with E-state index < -0.39 is 10.0 Å². The molecule has 0 saturated carbocycles. The van der Waals surface area contributed by atoms with Gasteiger partial charge < -0.3 is 4.90 Å². The zero-order valence-corrected chi connectivity index (χ0v) is 17.9. The minimum atomic E-state index is -3.50. The lowest BCUT2D eigenvalue weighted by molar-refractivity contribution is -0.131. The van der Waals surface area contributed by atoms with Gasteiger partial charge in [-0.25, -0.2) is 8.42 Å². The average Bonchev–Trinajstić information content (AvgIpc) is 2.72. The van der Waals surface area contributed by atoms with Gasteiger partial charge in [0.1, 0.15) is 0 Å². The Labute approximate surface area is 171 Å². The van der Waals surface area contributed by atoms with Crippen LogP contribution in [0.15, 0.2) is 59.5 Å². The lowest BCUT2D eigenvalue weighted by atomic mass is 10.2. The fourth-order valence-corrected chi connectivity index (χ4v) is 5.48. The van der Waals surface area contributed by atoms with E-state index in [9.17, 15) is 13.2 Å². The number of benzene rings is 2. The van der Waals surface area contributed by atoms with Gasteiger partial charge in [0.05, 0.1) is 10.1 Å². The fourth-order valence-electron chi connectivity index (χ4n) is 3.13. The first-order valence-electron chi connectivity index (χ1n) is 9.39. The molecular weight excluding hydrogens is 392 g/mol. The number of piperazine rings is 1. The third-order valence-electron chi connectivity index (χ3n) is 4.90. The summed E-state index contributed by atoms with van der Waals surface area (Å²) in [5, 5.41) is -0.152. The summed E-state index contributed by atoms with van der Waals surface area (Å²) in [5.41, 5.74) is 2.22. The average molecular weight is 419 g/mol. The third kappa shape index (κ3) is 4.96. The number of amides is 1. The van der Waals surface area contributed by atoms with Crippen LogP contribution < -0.4 is 0 Å². The molecule has 1 heterocycles. The highest BCUT2D eigenvalue weighted by Crippen LogP contribution is 2.22. The van der Waals surface area contributed by atoms with Crippen molar-refractivity contribution >= 4 is 27.7 Å². The van der Waals surface area contributed by atoms with Crippen LogP contribution in [0, 0.1) is 6.92 Å². The van der Waals surface area contributed by atoms with E-state index in [1.54, 1.807) is 40.9 Å². The number of carbonyl (C=O) groups excluding carboxylic acids is 1. The quantitative estimate of drug-likeness (QED) is 0.723. The van der Waals surface area contributed by atoms with Gasteiger partial charge in [-0.2, -0.15) is 4.31 Å². The molecule has 28 heavy (non-hydrogen) atoms. The lowest BCUT2D eigenvalue weighted by Gasteiger charge is -2.35. The Hall–Kier alpha value is -1.83. The van der Waals surface area contributed by atoms with Crippen molar-refractivity contribution < 1.29 is 13.2 Å². The van der Waals surface area contributed by atoms with Crippen molar-refractivity contribution in [3.63, 3.8) is 0 Å². The van der Waals surface area contributed by atoms with Gasteiger partial charge in [0.2, 0.25) is 15.9 Å². The first-order chi connectivity index (χ1) is 13.4. The molecule has 1 aliphatic rings. The normalized spacial score (nSPS) is 16.7. The first-order valence-corrected chi connectivity index (χ1v) is 11.9.